The summed E-state index contributed by atoms with van der Waals surface area (Å²) in [4.78, 5) is 15.5. The van der Waals surface area contributed by atoms with Crippen molar-refractivity contribution in [1.82, 2.24) is 4.98 Å². The van der Waals surface area contributed by atoms with Crippen LogP contribution in [-0.4, -0.2) is 30.8 Å². The Hall–Kier alpha value is -1.13. The van der Waals surface area contributed by atoms with Crippen LogP contribution in [0.5, 0.6) is 0 Å². The molecule has 0 amide bonds. The number of esters is 1. The van der Waals surface area contributed by atoms with Gasteiger partial charge in [0.15, 0.2) is 0 Å². The van der Waals surface area contributed by atoms with Gasteiger partial charge >= 0.3 is 5.97 Å². The van der Waals surface area contributed by atoms with Gasteiger partial charge in [0.2, 0.25) is 0 Å². The van der Waals surface area contributed by atoms with Crippen LogP contribution in [0.2, 0.25) is 5.15 Å². The highest BCUT2D eigenvalue weighted by Crippen LogP contribution is 2.11. The van der Waals surface area contributed by atoms with Gasteiger partial charge in [0.1, 0.15) is 11.8 Å². The van der Waals surface area contributed by atoms with Gasteiger partial charge in [0.25, 0.3) is 0 Å². The lowest BCUT2D eigenvalue weighted by Gasteiger charge is -2.05. The van der Waals surface area contributed by atoms with E-state index in [2.05, 4.69) is 4.98 Å². The predicted molar refractivity (Wildman–Crippen MR) is 60.8 cm³/mol. The Balaban J connectivity index is 2.52. The molecule has 0 saturated heterocycles. The zero-order chi connectivity index (χ0) is 12.0. The van der Waals surface area contributed by atoms with Gasteiger partial charge in [-0.1, -0.05) is 11.6 Å². The maximum atomic E-state index is 11.5. The van der Waals surface area contributed by atoms with Crippen LogP contribution in [0.3, 0.4) is 0 Å². The SMILES string of the molecule is CCOCCOC(=O)c1cc(C)nc(Cl)c1. The number of aromatic nitrogens is 1. The van der Waals surface area contributed by atoms with E-state index in [9.17, 15) is 4.79 Å². The van der Waals surface area contributed by atoms with Gasteiger partial charge in [-0.3, -0.25) is 0 Å². The van der Waals surface area contributed by atoms with Crippen LogP contribution in [0.4, 0.5) is 0 Å². The molecule has 0 radical (unpaired) electrons. The summed E-state index contributed by atoms with van der Waals surface area (Å²) in [6.45, 7) is 4.90. The maximum Gasteiger partial charge on any atom is 0.338 e. The molecule has 5 heteroatoms. The molecule has 0 saturated carbocycles. The van der Waals surface area contributed by atoms with E-state index in [1.807, 2.05) is 6.92 Å². The zero-order valence-corrected chi connectivity index (χ0v) is 10.1. The standard InChI is InChI=1S/C11H14ClNO3/c1-3-15-4-5-16-11(14)9-6-8(2)13-10(12)7-9/h6-7H,3-5H2,1-2H3. The van der Waals surface area contributed by atoms with Crippen molar-refractivity contribution in [3.8, 4) is 0 Å². The van der Waals surface area contributed by atoms with Gasteiger partial charge in [0.05, 0.1) is 12.2 Å². The molecule has 88 valence electrons. The normalized spacial score (nSPS) is 10.2. The van der Waals surface area contributed by atoms with Crippen molar-refractivity contribution in [3.63, 3.8) is 0 Å². The number of ether oxygens (including phenoxy) is 2. The summed E-state index contributed by atoms with van der Waals surface area (Å²) < 4.78 is 10.0. The Morgan fingerprint density at radius 1 is 1.44 bits per heavy atom. The molecule has 0 atom stereocenters. The van der Waals surface area contributed by atoms with E-state index in [1.165, 1.54) is 6.07 Å². The second-order valence-electron chi connectivity index (χ2n) is 3.15. The second kappa shape index (κ2) is 6.45. The molecule has 0 fully saturated rings. The van der Waals surface area contributed by atoms with Gasteiger partial charge in [-0.15, -0.1) is 0 Å². The summed E-state index contributed by atoms with van der Waals surface area (Å²) in [7, 11) is 0. The lowest BCUT2D eigenvalue weighted by molar-refractivity contribution is 0.0335. The molecule has 0 aromatic carbocycles. The first-order chi connectivity index (χ1) is 7.63. The highest BCUT2D eigenvalue weighted by atomic mass is 35.5. The number of hydrogen-bond donors (Lipinski definition) is 0. The summed E-state index contributed by atoms with van der Waals surface area (Å²) in [5, 5.41) is 0.289. The number of pyridine rings is 1. The predicted octanol–water partition coefficient (Wildman–Crippen LogP) is 2.24. The highest BCUT2D eigenvalue weighted by Gasteiger charge is 2.08. The number of nitrogens with zero attached hydrogens (tertiary/aromatic N) is 1. The third-order valence-electron chi connectivity index (χ3n) is 1.82. The van der Waals surface area contributed by atoms with E-state index < -0.39 is 5.97 Å². The summed E-state index contributed by atoms with van der Waals surface area (Å²) in [5.41, 5.74) is 1.10. The third-order valence-corrected chi connectivity index (χ3v) is 2.02. The average molecular weight is 244 g/mol. The summed E-state index contributed by atoms with van der Waals surface area (Å²) in [6, 6.07) is 3.12. The number of hydrogen-bond acceptors (Lipinski definition) is 4. The molecule has 1 aromatic heterocycles. The van der Waals surface area contributed by atoms with Crippen LogP contribution in [0.1, 0.15) is 23.0 Å². The highest BCUT2D eigenvalue weighted by molar-refractivity contribution is 6.29. The maximum absolute atomic E-state index is 11.5. The molecule has 1 aromatic rings. The Bertz CT molecular complexity index is 348. The van der Waals surface area contributed by atoms with Gasteiger partial charge < -0.3 is 9.47 Å². The molecule has 0 unspecified atom stereocenters. The van der Waals surface area contributed by atoms with Crippen molar-refractivity contribution in [2.24, 2.45) is 0 Å². The van der Waals surface area contributed by atoms with Crippen molar-refractivity contribution in [2.45, 2.75) is 13.8 Å². The van der Waals surface area contributed by atoms with E-state index in [-0.39, 0.29) is 11.8 Å². The van der Waals surface area contributed by atoms with Crippen LogP contribution in [0.15, 0.2) is 12.1 Å². The molecule has 0 spiro atoms. The van der Waals surface area contributed by atoms with E-state index >= 15 is 0 Å². The van der Waals surface area contributed by atoms with Gasteiger partial charge in [-0.05, 0) is 26.0 Å². The molecule has 0 bridgehead atoms. The number of carbonyl (C=O) groups excluding carboxylic acids is 1. The minimum absolute atomic E-state index is 0.242. The molecular formula is C11H14ClNO3. The largest absolute Gasteiger partial charge is 0.460 e. The molecule has 4 nitrogen and oxygen atoms in total. The first-order valence-corrected chi connectivity index (χ1v) is 5.40. The number of aryl methyl sites for hydroxylation is 1. The Morgan fingerprint density at radius 3 is 2.81 bits per heavy atom. The van der Waals surface area contributed by atoms with E-state index in [1.54, 1.807) is 13.0 Å². The molecule has 0 aliphatic heterocycles. The Morgan fingerprint density at radius 2 is 2.19 bits per heavy atom. The van der Waals surface area contributed by atoms with Crippen molar-refractivity contribution in [3.05, 3.63) is 28.5 Å². The average Bonchev–Trinajstić information content (AvgIpc) is 2.22. The fourth-order valence-electron chi connectivity index (χ4n) is 1.17. The molecule has 0 N–H and O–H groups in total. The molecule has 0 aliphatic rings. The van der Waals surface area contributed by atoms with Gasteiger partial charge in [0, 0.05) is 12.3 Å². The third kappa shape index (κ3) is 4.16. The molecule has 1 heterocycles. The quantitative estimate of drug-likeness (QED) is 0.452. The van der Waals surface area contributed by atoms with Crippen LogP contribution < -0.4 is 0 Å². The van der Waals surface area contributed by atoms with Gasteiger partial charge in [-0.2, -0.15) is 0 Å². The van der Waals surface area contributed by atoms with Crippen LogP contribution in [0.25, 0.3) is 0 Å². The smallest absolute Gasteiger partial charge is 0.338 e. The number of halogens is 1. The van der Waals surface area contributed by atoms with Crippen molar-refractivity contribution in [2.75, 3.05) is 19.8 Å². The number of carbonyl (C=O) groups is 1. The Labute approximate surface area is 99.5 Å². The topological polar surface area (TPSA) is 48.4 Å². The van der Waals surface area contributed by atoms with E-state index in [0.717, 1.165) is 0 Å². The summed E-state index contributed by atoms with van der Waals surface area (Å²) >= 11 is 5.73. The fourth-order valence-corrected chi connectivity index (χ4v) is 1.42. The van der Waals surface area contributed by atoms with Crippen LogP contribution >= 0.6 is 11.6 Å². The first kappa shape index (κ1) is 12.9. The molecule has 1 rings (SSSR count). The Kier molecular flexibility index (Phi) is 5.22. The summed E-state index contributed by atoms with van der Waals surface area (Å²) in [6.07, 6.45) is 0. The minimum atomic E-state index is -0.410. The lowest BCUT2D eigenvalue weighted by Crippen LogP contribution is -2.11. The summed E-state index contributed by atoms with van der Waals surface area (Å²) in [5.74, 6) is -0.410. The minimum Gasteiger partial charge on any atom is -0.460 e. The molecule has 16 heavy (non-hydrogen) atoms. The molecule has 0 aliphatic carbocycles. The van der Waals surface area contributed by atoms with E-state index in [0.29, 0.717) is 24.5 Å². The second-order valence-corrected chi connectivity index (χ2v) is 3.54. The first-order valence-electron chi connectivity index (χ1n) is 5.02. The monoisotopic (exact) mass is 243 g/mol. The zero-order valence-electron chi connectivity index (χ0n) is 9.33. The van der Waals surface area contributed by atoms with Crippen molar-refractivity contribution >= 4 is 17.6 Å². The van der Waals surface area contributed by atoms with Crippen molar-refractivity contribution in [1.29, 1.82) is 0 Å². The number of rotatable bonds is 5. The van der Waals surface area contributed by atoms with Gasteiger partial charge in [-0.25, -0.2) is 9.78 Å². The van der Waals surface area contributed by atoms with Crippen LogP contribution in [0, 0.1) is 6.92 Å². The van der Waals surface area contributed by atoms with E-state index in [4.69, 9.17) is 21.1 Å². The lowest BCUT2D eigenvalue weighted by atomic mass is 10.2. The van der Waals surface area contributed by atoms with Crippen molar-refractivity contribution < 1.29 is 14.3 Å². The fraction of sp³-hybridized carbons (Fsp3) is 0.455. The molecular weight excluding hydrogens is 230 g/mol. The van der Waals surface area contributed by atoms with Crippen LogP contribution in [-0.2, 0) is 9.47 Å².